The van der Waals surface area contributed by atoms with E-state index in [0.29, 0.717) is 5.02 Å². The third kappa shape index (κ3) is 1.61. The predicted molar refractivity (Wildman–Crippen MR) is 47.1 cm³/mol. The van der Waals surface area contributed by atoms with Crippen molar-refractivity contribution in [2.24, 2.45) is 0 Å². The molecule has 0 aliphatic carbocycles. The number of hydrogen-bond acceptors (Lipinski definition) is 0. The zero-order chi connectivity index (χ0) is 7.56. The largest absolute Gasteiger partial charge is 0.0905 e. The summed E-state index contributed by atoms with van der Waals surface area (Å²) in [4.78, 5) is 0. The van der Waals surface area contributed by atoms with Crippen LogP contribution in [0.2, 0.25) is 5.02 Å². The molecule has 0 atom stereocenters. The van der Waals surface area contributed by atoms with Gasteiger partial charge in [0.15, 0.2) is 0 Å². The van der Waals surface area contributed by atoms with Crippen LogP contribution in [0.15, 0.2) is 29.3 Å². The van der Waals surface area contributed by atoms with Crippen LogP contribution >= 0.6 is 27.5 Å². The molecule has 2 heteroatoms. The maximum Gasteiger partial charge on any atom is 0.0412 e. The van der Waals surface area contributed by atoms with Crippen LogP contribution in [-0.4, -0.2) is 0 Å². The molecule has 0 spiro atoms. The molecule has 0 fully saturated rings. The van der Waals surface area contributed by atoms with Crippen LogP contribution in [0.5, 0.6) is 0 Å². The molecule has 0 bridgehead atoms. The minimum atomic E-state index is 0.703. The second-order valence-corrected chi connectivity index (χ2v) is 3.09. The lowest BCUT2D eigenvalue weighted by Gasteiger charge is -1.96. The highest BCUT2D eigenvalue weighted by Gasteiger charge is 1.94. The fraction of sp³-hybridized carbons (Fsp3) is 0. The first-order chi connectivity index (χ1) is 4.74. The molecule has 1 rings (SSSR count). The summed E-state index contributed by atoms with van der Waals surface area (Å²) in [5.74, 6) is 0. The number of rotatable bonds is 1. The van der Waals surface area contributed by atoms with Gasteiger partial charge in [-0.05, 0) is 29.8 Å². The Bertz CT molecular complexity index is 255. The molecule has 0 unspecified atom stereocenters. The van der Waals surface area contributed by atoms with Crippen molar-refractivity contribution in [1.29, 1.82) is 0 Å². The van der Waals surface area contributed by atoms with E-state index >= 15 is 0 Å². The SMILES string of the molecule is C=[C]c1cc(Cl)ccc1Br. The maximum atomic E-state index is 5.71. The molecule has 0 aromatic heterocycles. The van der Waals surface area contributed by atoms with Crippen molar-refractivity contribution in [2.75, 3.05) is 0 Å². The molecule has 10 heavy (non-hydrogen) atoms. The zero-order valence-corrected chi connectivity index (χ0v) is 7.54. The lowest BCUT2D eigenvalue weighted by atomic mass is 10.2. The highest BCUT2D eigenvalue weighted by atomic mass is 79.9. The van der Waals surface area contributed by atoms with Crippen molar-refractivity contribution in [3.05, 3.63) is 45.9 Å². The van der Waals surface area contributed by atoms with Crippen LogP contribution in [0, 0.1) is 6.08 Å². The van der Waals surface area contributed by atoms with Gasteiger partial charge < -0.3 is 0 Å². The molecule has 51 valence electrons. The first-order valence-corrected chi connectivity index (χ1v) is 3.89. The molecular formula is C8H5BrCl. The van der Waals surface area contributed by atoms with Gasteiger partial charge in [-0.3, -0.25) is 0 Å². The van der Waals surface area contributed by atoms with Crippen molar-refractivity contribution in [1.82, 2.24) is 0 Å². The lowest BCUT2D eigenvalue weighted by Crippen LogP contribution is -1.74. The standard InChI is InChI=1S/C8H5BrCl/c1-2-6-5-7(10)3-4-8(6)9/h3-5H,1H2. The summed E-state index contributed by atoms with van der Waals surface area (Å²) in [5, 5.41) is 0.703. The second kappa shape index (κ2) is 3.22. The van der Waals surface area contributed by atoms with E-state index in [2.05, 4.69) is 28.6 Å². The van der Waals surface area contributed by atoms with Crippen molar-refractivity contribution in [2.45, 2.75) is 0 Å². The van der Waals surface area contributed by atoms with E-state index in [0.717, 1.165) is 10.0 Å². The second-order valence-electron chi connectivity index (χ2n) is 1.80. The Morgan fingerprint density at radius 3 is 2.70 bits per heavy atom. The monoisotopic (exact) mass is 215 g/mol. The summed E-state index contributed by atoms with van der Waals surface area (Å²) in [6.45, 7) is 3.52. The Morgan fingerprint density at radius 2 is 2.20 bits per heavy atom. The Labute approximate surface area is 73.6 Å². The van der Waals surface area contributed by atoms with E-state index in [1.165, 1.54) is 0 Å². The first-order valence-electron chi connectivity index (χ1n) is 2.72. The van der Waals surface area contributed by atoms with Gasteiger partial charge in [0.1, 0.15) is 0 Å². The highest BCUT2D eigenvalue weighted by molar-refractivity contribution is 9.10. The van der Waals surface area contributed by atoms with E-state index in [1.807, 2.05) is 12.1 Å². The van der Waals surface area contributed by atoms with Gasteiger partial charge in [0.05, 0.1) is 0 Å². The molecule has 1 radical (unpaired) electrons. The van der Waals surface area contributed by atoms with E-state index in [9.17, 15) is 0 Å². The van der Waals surface area contributed by atoms with Crippen molar-refractivity contribution < 1.29 is 0 Å². The van der Waals surface area contributed by atoms with E-state index < -0.39 is 0 Å². The minimum absolute atomic E-state index is 0.703. The molecule has 0 saturated heterocycles. The molecular weight excluding hydrogens is 211 g/mol. The molecule has 0 saturated carbocycles. The quantitative estimate of drug-likeness (QED) is 0.675. The van der Waals surface area contributed by atoms with Crippen LogP contribution in [0.4, 0.5) is 0 Å². The fourth-order valence-corrected chi connectivity index (χ4v) is 1.19. The summed E-state index contributed by atoms with van der Waals surface area (Å²) in [5.41, 5.74) is 0.896. The average molecular weight is 216 g/mol. The molecule has 0 aliphatic heterocycles. The first kappa shape index (κ1) is 7.83. The molecule has 0 amide bonds. The molecule has 0 N–H and O–H groups in total. The van der Waals surface area contributed by atoms with Gasteiger partial charge in [-0.2, -0.15) is 0 Å². The fourth-order valence-electron chi connectivity index (χ4n) is 0.633. The molecule has 1 aromatic rings. The summed E-state index contributed by atoms with van der Waals surface area (Å²) in [7, 11) is 0. The smallest absolute Gasteiger partial charge is 0.0412 e. The Morgan fingerprint density at radius 1 is 1.50 bits per heavy atom. The molecule has 0 heterocycles. The lowest BCUT2D eigenvalue weighted by molar-refractivity contribution is 1.53. The van der Waals surface area contributed by atoms with Gasteiger partial charge in [-0.15, -0.1) is 0 Å². The maximum absolute atomic E-state index is 5.71. The van der Waals surface area contributed by atoms with Gasteiger partial charge in [0, 0.05) is 9.50 Å². The Hall–Kier alpha value is -0.270. The third-order valence-corrected chi connectivity index (χ3v) is 2.05. The topological polar surface area (TPSA) is 0 Å². The normalized spacial score (nSPS) is 9.40. The van der Waals surface area contributed by atoms with E-state index in [1.54, 1.807) is 6.07 Å². The summed E-state index contributed by atoms with van der Waals surface area (Å²) in [6.07, 6.45) is 2.75. The number of benzene rings is 1. The van der Waals surface area contributed by atoms with Gasteiger partial charge in [0.25, 0.3) is 0 Å². The Kier molecular flexibility index (Phi) is 2.52. The van der Waals surface area contributed by atoms with Crippen LogP contribution in [0.25, 0.3) is 0 Å². The molecule has 0 nitrogen and oxygen atoms in total. The van der Waals surface area contributed by atoms with Crippen LogP contribution in [-0.2, 0) is 0 Å². The van der Waals surface area contributed by atoms with Gasteiger partial charge >= 0.3 is 0 Å². The van der Waals surface area contributed by atoms with Gasteiger partial charge in [0.2, 0.25) is 0 Å². The third-order valence-electron chi connectivity index (χ3n) is 1.12. The minimum Gasteiger partial charge on any atom is -0.0905 e. The van der Waals surface area contributed by atoms with E-state index in [4.69, 9.17) is 11.6 Å². The predicted octanol–water partition coefficient (Wildman–Crippen LogP) is 3.44. The van der Waals surface area contributed by atoms with Crippen LogP contribution < -0.4 is 0 Å². The van der Waals surface area contributed by atoms with Crippen molar-refractivity contribution in [3.63, 3.8) is 0 Å². The van der Waals surface area contributed by atoms with Crippen molar-refractivity contribution >= 4 is 27.5 Å². The van der Waals surface area contributed by atoms with Gasteiger partial charge in [-0.1, -0.05) is 34.1 Å². The summed E-state index contributed by atoms with van der Waals surface area (Å²) < 4.78 is 0.965. The van der Waals surface area contributed by atoms with Crippen LogP contribution in [0.1, 0.15) is 5.56 Å². The van der Waals surface area contributed by atoms with Crippen molar-refractivity contribution in [3.8, 4) is 0 Å². The Balaban J connectivity index is 3.21. The van der Waals surface area contributed by atoms with Crippen LogP contribution in [0.3, 0.4) is 0 Å². The van der Waals surface area contributed by atoms with E-state index in [-0.39, 0.29) is 0 Å². The number of hydrogen-bond donors (Lipinski definition) is 0. The highest BCUT2D eigenvalue weighted by Crippen LogP contribution is 2.20. The molecule has 1 aromatic carbocycles. The molecule has 0 aliphatic rings. The number of halogens is 2. The van der Waals surface area contributed by atoms with Gasteiger partial charge in [-0.25, -0.2) is 0 Å². The zero-order valence-electron chi connectivity index (χ0n) is 5.20. The summed E-state index contributed by atoms with van der Waals surface area (Å²) >= 11 is 9.04. The average Bonchev–Trinajstić information content (AvgIpc) is 1.94. The summed E-state index contributed by atoms with van der Waals surface area (Å²) in [6, 6.07) is 5.49.